The first-order valence-electron chi connectivity index (χ1n) is 6.13. The van der Waals surface area contributed by atoms with Crippen molar-refractivity contribution >= 4 is 16.6 Å². The number of aromatic nitrogens is 4. The quantitative estimate of drug-likeness (QED) is 0.689. The Kier molecular flexibility index (Phi) is 2.79. The van der Waals surface area contributed by atoms with Gasteiger partial charge < -0.3 is 9.47 Å². The second kappa shape index (κ2) is 4.47. The van der Waals surface area contributed by atoms with E-state index in [1.165, 1.54) is 0 Å². The second-order valence-electron chi connectivity index (χ2n) is 4.78. The van der Waals surface area contributed by atoms with E-state index >= 15 is 0 Å². The number of rotatable bonds is 3. The molecule has 6 heteroatoms. The van der Waals surface area contributed by atoms with Gasteiger partial charge in [0.2, 0.25) is 0 Å². The number of nitrogens with zero attached hydrogens (tertiary/aromatic N) is 5. The summed E-state index contributed by atoms with van der Waals surface area (Å²) in [6.45, 7) is 1.49. The van der Waals surface area contributed by atoms with E-state index in [1.54, 1.807) is 21.5 Å². The minimum atomic E-state index is -0.0238. The van der Waals surface area contributed by atoms with E-state index in [2.05, 4.69) is 10.1 Å². The second-order valence-corrected chi connectivity index (χ2v) is 4.78. The van der Waals surface area contributed by atoms with Gasteiger partial charge >= 0.3 is 0 Å². The highest BCUT2D eigenvalue weighted by molar-refractivity contribution is 5.78. The number of hydrogen-bond acceptors (Lipinski definition) is 4. The molecule has 0 amide bonds. The zero-order valence-corrected chi connectivity index (χ0v) is 10.9. The van der Waals surface area contributed by atoms with Crippen LogP contribution in [-0.4, -0.2) is 44.7 Å². The van der Waals surface area contributed by atoms with Gasteiger partial charge in [-0.1, -0.05) is 0 Å². The Morgan fingerprint density at radius 1 is 1.32 bits per heavy atom. The lowest BCUT2D eigenvalue weighted by atomic mass is 10.3. The van der Waals surface area contributed by atoms with Crippen molar-refractivity contribution in [3.63, 3.8) is 0 Å². The van der Waals surface area contributed by atoms with Crippen LogP contribution in [-0.2, 0) is 6.54 Å². The highest BCUT2D eigenvalue weighted by atomic mass is 16.1. The van der Waals surface area contributed by atoms with Crippen LogP contribution in [0, 0.1) is 0 Å². The summed E-state index contributed by atoms with van der Waals surface area (Å²) in [5.41, 5.74) is 1.52. The van der Waals surface area contributed by atoms with Crippen LogP contribution in [0.5, 0.6) is 0 Å². The molecule has 0 radical (unpaired) electrons. The maximum Gasteiger partial charge on any atom is 0.261 e. The van der Waals surface area contributed by atoms with Crippen molar-refractivity contribution in [1.82, 2.24) is 24.1 Å². The predicted molar refractivity (Wildman–Crippen MR) is 73.3 cm³/mol. The lowest BCUT2D eigenvalue weighted by Crippen LogP contribution is -2.26. The summed E-state index contributed by atoms with van der Waals surface area (Å²) in [5.74, 6) is 0. The van der Waals surface area contributed by atoms with Crippen molar-refractivity contribution in [2.75, 3.05) is 20.6 Å². The largest absolute Gasteiger partial charge is 0.314 e. The standard InChI is InChI=1S/C13H15N5O/c1-16(2)7-8-17-6-4-11-10(13(17)19)9-14-12-3-5-15-18(11)12/h3-6,9H,7-8H2,1-2H3. The maximum atomic E-state index is 12.4. The van der Waals surface area contributed by atoms with Gasteiger partial charge in [0.25, 0.3) is 5.56 Å². The monoisotopic (exact) mass is 257 g/mol. The van der Waals surface area contributed by atoms with Crippen molar-refractivity contribution in [2.45, 2.75) is 6.54 Å². The highest BCUT2D eigenvalue weighted by Crippen LogP contribution is 2.10. The Morgan fingerprint density at radius 2 is 2.16 bits per heavy atom. The molecule has 0 spiro atoms. The molecule has 3 rings (SSSR count). The summed E-state index contributed by atoms with van der Waals surface area (Å²) >= 11 is 0. The zero-order valence-electron chi connectivity index (χ0n) is 10.9. The van der Waals surface area contributed by atoms with Crippen LogP contribution in [0.4, 0.5) is 0 Å². The average Bonchev–Trinajstić information content (AvgIpc) is 2.86. The molecule has 6 nitrogen and oxygen atoms in total. The first-order valence-corrected chi connectivity index (χ1v) is 6.13. The summed E-state index contributed by atoms with van der Waals surface area (Å²) in [4.78, 5) is 18.7. The van der Waals surface area contributed by atoms with Gasteiger partial charge in [-0.15, -0.1) is 0 Å². The molecule has 98 valence electrons. The predicted octanol–water partition coefficient (Wildman–Crippen LogP) is 0.606. The van der Waals surface area contributed by atoms with Crippen LogP contribution in [0.25, 0.3) is 16.6 Å². The molecule has 19 heavy (non-hydrogen) atoms. The van der Waals surface area contributed by atoms with E-state index in [4.69, 9.17) is 0 Å². The molecule has 0 saturated heterocycles. The molecule has 0 aliphatic heterocycles. The smallest absolute Gasteiger partial charge is 0.261 e. The Balaban J connectivity index is 2.16. The van der Waals surface area contributed by atoms with Crippen LogP contribution in [0.15, 0.2) is 35.5 Å². The van der Waals surface area contributed by atoms with E-state index in [9.17, 15) is 4.79 Å². The fraction of sp³-hybridized carbons (Fsp3) is 0.308. The van der Waals surface area contributed by atoms with E-state index < -0.39 is 0 Å². The molecule has 0 N–H and O–H groups in total. The van der Waals surface area contributed by atoms with Gasteiger partial charge in [-0.05, 0) is 20.2 Å². The van der Waals surface area contributed by atoms with Gasteiger partial charge in [0.05, 0.1) is 17.1 Å². The van der Waals surface area contributed by atoms with Crippen LogP contribution in [0.3, 0.4) is 0 Å². The first kappa shape index (κ1) is 11.9. The Labute approximate surface area is 109 Å². The molecule has 0 fully saturated rings. The van der Waals surface area contributed by atoms with E-state index in [0.717, 1.165) is 17.7 Å². The number of fused-ring (bicyclic) bond motifs is 3. The SMILES string of the molecule is CN(C)CCn1ccc2c(cnc3ccnn32)c1=O. The number of pyridine rings is 1. The lowest BCUT2D eigenvalue weighted by Gasteiger charge is -2.11. The molecular formula is C13H15N5O. The van der Waals surface area contributed by atoms with E-state index in [0.29, 0.717) is 11.9 Å². The van der Waals surface area contributed by atoms with E-state index in [-0.39, 0.29) is 5.56 Å². The Morgan fingerprint density at radius 3 is 2.95 bits per heavy atom. The van der Waals surface area contributed by atoms with Gasteiger partial charge in [-0.3, -0.25) is 4.79 Å². The fourth-order valence-corrected chi connectivity index (χ4v) is 2.08. The Bertz CT molecular complexity index is 786. The molecule has 0 saturated carbocycles. The number of hydrogen-bond donors (Lipinski definition) is 0. The molecule has 0 atom stereocenters. The molecule has 0 unspecified atom stereocenters. The molecular weight excluding hydrogens is 242 g/mol. The van der Waals surface area contributed by atoms with Crippen molar-refractivity contribution in [2.24, 2.45) is 0 Å². The van der Waals surface area contributed by atoms with Gasteiger partial charge in [0.1, 0.15) is 0 Å². The Hall–Kier alpha value is -2.21. The van der Waals surface area contributed by atoms with Crippen LogP contribution in [0.1, 0.15) is 0 Å². The van der Waals surface area contributed by atoms with Crippen LogP contribution in [0.2, 0.25) is 0 Å². The third kappa shape index (κ3) is 2.00. The molecule has 0 aromatic carbocycles. The van der Waals surface area contributed by atoms with Gasteiger partial charge in [-0.2, -0.15) is 5.10 Å². The average molecular weight is 257 g/mol. The minimum absolute atomic E-state index is 0.0238. The summed E-state index contributed by atoms with van der Waals surface area (Å²) in [7, 11) is 3.97. The van der Waals surface area contributed by atoms with Gasteiger partial charge in [0.15, 0.2) is 5.65 Å². The van der Waals surface area contributed by atoms with Crippen molar-refractivity contribution < 1.29 is 0 Å². The molecule has 0 bridgehead atoms. The molecule has 0 aliphatic rings. The van der Waals surface area contributed by atoms with E-state index in [1.807, 2.05) is 37.3 Å². The summed E-state index contributed by atoms with van der Waals surface area (Å²) in [6, 6.07) is 3.73. The minimum Gasteiger partial charge on any atom is -0.314 e. The van der Waals surface area contributed by atoms with Crippen molar-refractivity contribution in [3.8, 4) is 0 Å². The van der Waals surface area contributed by atoms with Gasteiger partial charge in [0, 0.05) is 31.5 Å². The van der Waals surface area contributed by atoms with Crippen molar-refractivity contribution in [3.05, 3.63) is 41.1 Å². The molecule has 0 aliphatic carbocycles. The van der Waals surface area contributed by atoms with Crippen LogP contribution >= 0.6 is 0 Å². The zero-order chi connectivity index (χ0) is 13.4. The lowest BCUT2D eigenvalue weighted by molar-refractivity contribution is 0.381. The third-order valence-electron chi connectivity index (χ3n) is 3.14. The van der Waals surface area contributed by atoms with Gasteiger partial charge in [-0.25, -0.2) is 9.50 Å². The summed E-state index contributed by atoms with van der Waals surface area (Å²) in [6.07, 6.45) is 5.12. The topological polar surface area (TPSA) is 55.4 Å². The first-order chi connectivity index (χ1) is 9.16. The van der Waals surface area contributed by atoms with Crippen LogP contribution < -0.4 is 5.56 Å². The number of likely N-dealkylation sites (N-methyl/N-ethyl adjacent to an activating group) is 1. The normalized spacial score (nSPS) is 11.7. The fourth-order valence-electron chi connectivity index (χ4n) is 2.08. The summed E-state index contributed by atoms with van der Waals surface area (Å²) in [5, 5.41) is 4.78. The summed E-state index contributed by atoms with van der Waals surface area (Å²) < 4.78 is 3.40. The molecule has 3 aromatic rings. The highest BCUT2D eigenvalue weighted by Gasteiger charge is 2.07. The molecule has 3 heterocycles. The third-order valence-corrected chi connectivity index (χ3v) is 3.14. The molecule has 3 aromatic heterocycles. The maximum absolute atomic E-state index is 12.4. The van der Waals surface area contributed by atoms with Crippen molar-refractivity contribution in [1.29, 1.82) is 0 Å².